The first-order valence-electron chi connectivity index (χ1n) is 6.28. The standard InChI is InChI=1S/C11H21BN2O4/c1-7(2)10(13-8(3)15)11(16)14-6-4-5-9(14)12(17)18/h7,9-10,17-18H,4-6H2,1-3H3,(H,13,15)/t9-,10-/m0/s1. The number of hydrogen-bond donors (Lipinski definition) is 3. The topological polar surface area (TPSA) is 89.9 Å². The first kappa shape index (κ1) is 15.0. The van der Waals surface area contributed by atoms with Crippen molar-refractivity contribution in [1.29, 1.82) is 0 Å². The van der Waals surface area contributed by atoms with E-state index in [1.807, 2.05) is 13.8 Å². The van der Waals surface area contributed by atoms with E-state index in [-0.39, 0.29) is 17.7 Å². The van der Waals surface area contributed by atoms with E-state index in [0.29, 0.717) is 13.0 Å². The Bertz CT molecular complexity index is 322. The summed E-state index contributed by atoms with van der Waals surface area (Å²) in [5, 5.41) is 21.1. The molecule has 3 N–H and O–H groups in total. The highest BCUT2D eigenvalue weighted by molar-refractivity contribution is 6.43. The van der Waals surface area contributed by atoms with Gasteiger partial charge in [-0.2, -0.15) is 0 Å². The molecular weight excluding hydrogens is 235 g/mol. The van der Waals surface area contributed by atoms with Gasteiger partial charge in [0.2, 0.25) is 11.8 Å². The second-order valence-electron chi connectivity index (χ2n) is 5.08. The van der Waals surface area contributed by atoms with Crippen LogP contribution in [0.3, 0.4) is 0 Å². The predicted octanol–water partition coefficient (Wildman–Crippen LogP) is -0.850. The number of carbonyl (C=O) groups excluding carboxylic acids is 2. The highest BCUT2D eigenvalue weighted by Gasteiger charge is 2.40. The molecule has 0 aliphatic carbocycles. The van der Waals surface area contributed by atoms with Crippen molar-refractivity contribution < 1.29 is 19.6 Å². The average Bonchev–Trinajstić information content (AvgIpc) is 2.73. The van der Waals surface area contributed by atoms with E-state index in [0.717, 1.165) is 6.42 Å². The van der Waals surface area contributed by atoms with Crippen LogP contribution in [0.2, 0.25) is 0 Å². The Labute approximate surface area is 107 Å². The maximum Gasteiger partial charge on any atom is 0.475 e. The molecule has 1 saturated heterocycles. The zero-order chi connectivity index (χ0) is 13.9. The van der Waals surface area contributed by atoms with Crippen LogP contribution in [0.1, 0.15) is 33.6 Å². The van der Waals surface area contributed by atoms with Crippen LogP contribution in [0.15, 0.2) is 0 Å². The van der Waals surface area contributed by atoms with Crippen LogP contribution in [0.25, 0.3) is 0 Å². The molecule has 7 heteroatoms. The lowest BCUT2D eigenvalue weighted by Gasteiger charge is -2.30. The Kier molecular flexibility index (Phi) is 5.16. The van der Waals surface area contributed by atoms with Crippen molar-refractivity contribution in [2.24, 2.45) is 5.92 Å². The van der Waals surface area contributed by atoms with Gasteiger partial charge in [-0.25, -0.2) is 0 Å². The maximum atomic E-state index is 12.3. The molecule has 102 valence electrons. The molecule has 1 fully saturated rings. The lowest BCUT2D eigenvalue weighted by atomic mass is 9.77. The molecule has 1 heterocycles. The summed E-state index contributed by atoms with van der Waals surface area (Å²) < 4.78 is 0. The van der Waals surface area contributed by atoms with Crippen molar-refractivity contribution in [2.75, 3.05) is 6.54 Å². The molecule has 0 saturated carbocycles. The third kappa shape index (κ3) is 3.46. The summed E-state index contributed by atoms with van der Waals surface area (Å²) in [5.41, 5.74) is 0. The summed E-state index contributed by atoms with van der Waals surface area (Å²) in [6.45, 7) is 5.56. The second-order valence-corrected chi connectivity index (χ2v) is 5.08. The third-order valence-corrected chi connectivity index (χ3v) is 3.22. The number of nitrogens with zero attached hydrogens (tertiary/aromatic N) is 1. The molecule has 0 aromatic rings. The summed E-state index contributed by atoms with van der Waals surface area (Å²) in [7, 11) is -1.53. The van der Waals surface area contributed by atoms with Gasteiger partial charge in [-0.3, -0.25) is 9.59 Å². The Morgan fingerprint density at radius 2 is 2.00 bits per heavy atom. The van der Waals surface area contributed by atoms with Crippen LogP contribution in [-0.2, 0) is 9.59 Å². The molecule has 1 aliphatic rings. The van der Waals surface area contributed by atoms with Crippen molar-refractivity contribution in [2.45, 2.75) is 45.6 Å². The lowest BCUT2D eigenvalue weighted by Crippen LogP contribution is -2.55. The molecule has 18 heavy (non-hydrogen) atoms. The number of carbonyl (C=O) groups is 2. The summed E-state index contributed by atoms with van der Waals surface area (Å²) in [6, 6.07) is -0.609. The molecule has 0 spiro atoms. The quantitative estimate of drug-likeness (QED) is 0.571. The zero-order valence-corrected chi connectivity index (χ0v) is 11.1. The van der Waals surface area contributed by atoms with Crippen LogP contribution in [0.5, 0.6) is 0 Å². The molecule has 0 aromatic carbocycles. The van der Waals surface area contributed by atoms with E-state index in [9.17, 15) is 19.6 Å². The molecule has 6 nitrogen and oxygen atoms in total. The minimum Gasteiger partial charge on any atom is -0.426 e. The van der Waals surface area contributed by atoms with Crippen molar-refractivity contribution in [1.82, 2.24) is 10.2 Å². The highest BCUT2D eigenvalue weighted by Crippen LogP contribution is 2.20. The van der Waals surface area contributed by atoms with Crippen LogP contribution in [0, 0.1) is 5.92 Å². The van der Waals surface area contributed by atoms with Gasteiger partial charge < -0.3 is 20.3 Å². The molecule has 0 unspecified atom stereocenters. The largest absolute Gasteiger partial charge is 0.475 e. The van der Waals surface area contributed by atoms with Gasteiger partial charge in [-0.1, -0.05) is 13.8 Å². The lowest BCUT2D eigenvalue weighted by molar-refractivity contribution is -0.137. The van der Waals surface area contributed by atoms with Crippen LogP contribution < -0.4 is 5.32 Å². The van der Waals surface area contributed by atoms with Crippen molar-refractivity contribution in [3.63, 3.8) is 0 Å². The average molecular weight is 256 g/mol. The van der Waals surface area contributed by atoms with Gasteiger partial charge in [-0.15, -0.1) is 0 Å². The molecule has 1 rings (SSSR count). The van der Waals surface area contributed by atoms with Gasteiger partial charge in [0.05, 0.1) is 5.94 Å². The van der Waals surface area contributed by atoms with E-state index in [1.54, 1.807) is 0 Å². The Morgan fingerprint density at radius 1 is 1.39 bits per heavy atom. The summed E-state index contributed by atoms with van der Waals surface area (Å²) in [4.78, 5) is 24.9. The van der Waals surface area contributed by atoms with E-state index >= 15 is 0 Å². The molecule has 2 amide bonds. The fourth-order valence-corrected chi connectivity index (χ4v) is 2.29. The molecule has 2 atom stereocenters. The van der Waals surface area contributed by atoms with Crippen LogP contribution in [-0.4, -0.2) is 52.4 Å². The monoisotopic (exact) mass is 256 g/mol. The van der Waals surface area contributed by atoms with Gasteiger partial charge in [0.1, 0.15) is 6.04 Å². The number of amides is 2. The second kappa shape index (κ2) is 6.20. The van der Waals surface area contributed by atoms with Crippen molar-refractivity contribution >= 4 is 18.9 Å². The van der Waals surface area contributed by atoms with Crippen LogP contribution >= 0.6 is 0 Å². The van der Waals surface area contributed by atoms with Gasteiger partial charge in [0, 0.05) is 13.5 Å². The van der Waals surface area contributed by atoms with Gasteiger partial charge in [-0.05, 0) is 18.8 Å². The zero-order valence-electron chi connectivity index (χ0n) is 11.1. The highest BCUT2D eigenvalue weighted by atomic mass is 16.4. The minimum atomic E-state index is -1.53. The van der Waals surface area contributed by atoms with Crippen LogP contribution in [0.4, 0.5) is 0 Å². The van der Waals surface area contributed by atoms with E-state index in [2.05, 4.69) is 5.32 Å². The third-order valence-electron chi connectivity index (χ3n) is 3.22. The van der Waals surface area contributed by atoms with E-state index < -0.39 is 19.1 Å². The Hall–Kier alpha value is -1.08. The van der Waals surface area contributed by atoms with Gasteiger partial charge in [0.25, 0.3) is 0 Å². The van der Waals surface area contributed by atoms with Crippen molar-refractivity contribution in [3.8, 4) is 0 Å². The SMILES string of the molecule is CC(=O)N[C@H](C(=O)N1CCC[C@H]1B(O)O)C(C)C. The summed E-state index contributed by atoms with van der Waals surface area (Å²) in [5.74, 6) is -1.11. The number of hydrogen-bond acceptors (Lipinski definition) is 4. The maximum absolute atomic E-state index is 12.3. The Morgan fingerprint density at radius 3 is 2.44 bits per heavy atom. The molecule has 0 aromatic heterocycles. The van der Waals surface area contributed by atoms with E-state index in [4.69, 9.17) is 0 Å². The molecule has 1 aliphatic heterocycles. The molecule has 0 bridgehead atoms. The van der Waals surface area contributed by atoms with Crippen molar-refractivity contribution in [3.05, 3.63) is 0 Å². The van der Waals surface area contributed by atoms with Gasteiger partial charge in [0.15, 0.2) is 0 Å². The number of rotatable bonds is 4. The molecule has 0 radical (unpaired) electrons. The normalized spacial score (nSPS) is 21.0. The first-order chi connectivity index (χ1) is 8.34. The fourth-order valence-electron chi connectivity index (χ4n) is 2.29. The summed E-state index contributed by atoms with van der Waals surface area (Å²) >= 11 is 0. The predicted molar refractivity (Wildman–Crippen MR) is 67.4 cm³/mol. The number of nitrogens with one attached hydrogen (secondary N) is 1. The number of likely N-dealkylation sites (tertiary alicyclic amines) is 1. The smallest absolute Gasteiger partial charge is 0.426 e. The minimum absolute atomic E-state index is 0.0431. The first-order valence-corrected chi connectivity index (χ1v) is 6.28. The van der Waals surface area contributed by atoms with E-state index in [1.165, 1.54) is 11.8 Å². The Balaban J connectivity index is 2.79. The summed E-state index contributed by atoms with van der Waals surface area (Å²) in [6.07, 6.45) is 1.33. The molecular formula is C11H21BN2O4. The fraction of sp³-hybridized carbons (Fsp3) is 0.818. The van der Waals surface area contributed by atoms with Gasteiger partial charge >= 0.3 is 7.12 Å².